The van der Waals surface area contributed by atoms with Crippen LogP contribution < -0.4 is 10.5 Å². The van der Waals surface area contributed by atoms with Crippen LogP contribution in [0.3, 0.4) is 0 Å². The van der Waals surface area contributed by atoms with E-state index in [4.69, 9.17) is 10.5 Å². The fourth-order valence-corrected chi connectivity index (χ4v) is 2.55. The highest BCUT2D eigenvalue weighted by Gasteiger charge is 2.19. The summed E-state index contributed by atoms with van der Waals surface area (Å²) >= 11 is 0. The largest absolute Gasteiger partial charge is 0.493 e. The highest BCUT2D eigenvalue weighted by Crippen LogP contribution is 2.36. The maximum Gasteiger partial charge on any atom is 0.125 e. The van der Waals surface area contributed by atoms with Crippen LogP contribution in [0, 0.1) is 19.8 Å². The van der Waals surface area contributed by atoms with Crippen LogP contribution in [0.15, 0.2) is 12.1 Å². The lowest BCUT2D eigenvalue weighted by Gasteiger charge is -2.24. The molecule has 1 aromatic carbocycles. The van der Waals surface area contributed by atoms with Crippen LogP contribution >= 0.6 is 0 Å². The van der Waals surface area contributed by atoms with Gasteiger partial charge in [0.2, 0.25) is 0 Å². The van der Waals surface area contributed by atoms with Crippen LogP contribution in [0.2, 0.25) is 0 Å². The molecule has 2 heteroatoms. The SMILES string of the molecule is CCCOc1c(C)cc(C)cc1C(C)C(C)CCN. The molecule has 0 aliphatic rings. The maximum atomic E-state index is 5.99. The van der Waals surface area contributed by atoms with Gasteiger partial charge in [0.1, 0.15) is 5.75 Å². The van der Waals surface area contributed by atoms with Gasteiger partial charge in [-0.05, 0) is 56.2 Å². The minimum absolute atomic E-state index is 0.481. The van der Waals surface area contributed by atoms with Gasteiger partial charge in [0.15, 0.2) is 0 Å². The van der Waals surface area contributed by atoms with E-state index in [9.17, 15) is 0 Å². The minimum atomic E-state index is 0.481. The van der Waals surface area contributed by atoms with Crippen molar-refractivity contribution in [1.29, 1.82) is 0 Å². The van der Waals surface area contributed by atoms with Crippen LogP contribution in [0.25, 0.3) is 0 Å². The number of benzene rings is 1. The molecule has 0 amide bonds. The quantitative estimate of drug-likeness (QED) is 0.801. The monoisotopic (exact) mass is 263 g/mol. The first kappa shape index (κ1) is 16.0. The highest BCUT2D eigenvalue weighted by atomic mass is 16.5. The van der Waals surface area contributed by atoms with Gasteiger partial charge in [-0.15, -0.1) is 0 Å². The summed E-state index contributed by atoms with van der Waals surface area (Å²) in [5, 5.41) is 0. The van der Waals surface area contributed by atoms with Gasteiger partial charge in [-0.1, -0.05) is 38.5 Å². The van der Waals surface area contributed by atoms with Crippen molar-refractivity contribution in [3.05, 3.63) is 28.8 Å². The maximum absolute atomic E-state index is 5.99. The Hall–Kier alpha value is -1.02. The number of hydrogen-bond donors (Lipinski definition) is 1. The molecular formula is C17H29NO. The van der Waals surface area contributed by atoms with E-state index in [1.54, 1.807) is 0 Å². The lowest BCUT2D eigenvalue weighted by molar-refractivity contribution is 0.306. The average molecular weight is 263 g/mol. The molecule has 1 aromatic rings. The molecule has 2 N–H and O–H groups in total. The zero-order valence-electron chi connectivity index (χ0n) is 13.1. The third kappa shape index (κ3) is 4.24. The van der Waals surface area contributed by atoms with E-state index in [-0.39, 0.29) is 0 Å². The molecule has 2 atom stereocenters. The predicted molar refractivity (Wildman–Crippen MR) is 83.0 cm³/mol. The summed E-state index contributed by atoms with van der Waals surface area (Å²) in [4.78, 5) is 0. The molecule has 0 aromatic heterocycles. The Balaban J connectivity index is 3.08. The van der Waals surface area contributed by atoms with E-state index >= 15 is 0 Å². The van der Waals surface area contributed by atoms with Crippen molar-refractivity contribution in [3.8, 4) is 5.75 Å². The first-order chi connectivity index (χ1) is 9.01. The van der Waals surface area contributed by atoms with Crippen LogP contribution in [0.5, 0.6) is 5.75 Å². The average Bonchev–Trinajstić information content (AvgIpc) is 2.36. The molecule has 2 unspecified atom stereocenters. The summed E-state index contributed by atoms with van der Waals surface area (Å²) in [6.07, 6.45) is 2.10. The van der Waals surface area contributed by atoms with Gasteiger partial charge in [-0.25, -0.2) is 0 Å². The zero-order valence-corrected chi connectivity index (χ0v) is 13.1. The molecule has 0 bridgehead atoms. The van der Waals surface area contributed by atoms with Crippen LogP contribution in [0.1, 0.15) is 56.2 Å². The molecular weight excluding hydrogens is 234 g/mol. The van der Waals surface area contributed by atoms with Crippen molar-refractivity contribution >= 4 is 0 Å². The van der Waals surface area contributed by atoms with Crippen LogP contribution in [0.4, 0.5) is 0 Å². The van der Waals surface area contributed by atoms with Crippen molar-refractivity contribution in [1.82, 2.24) is 0 Å². The molecule has 108 valence electrons. The van der Waals surface area contributed by atoms with Gasteiger partial charge in [0.25, 0.3) is 0 Å². The number of aryl methyl sites for hydroxylation is 2. The first-order valence-corrected chi connectivity index (χ1v) is 7.45. The summed E-state index contributed by atoms with van der Waals surface area (Å²) in [6, 6.07) is 4.48. The predicted octanol–water partition coefficient (Wildman–Crippen LogP) is 4.18. The van der Waals surface area contributed by atoms with E-state index in [2.05, 4.69) is 46.8 Å². The molecule has 2 nitrogen and oxygen atoms in total. The van der Waals surface area contributed by atoms with Crippen molar-refractivity contribution in [2.45, 2.75) is 53.4 Å². The number of nitrogens with two attached hydrogens (primary N) is 1. The number of hydrogen-bond acceptors (Lipinski definition) is 2. The van der Waals surface area contributed by atoms with E-state index < -0.39 is 0 Å². The first-order valence-electron chi connectivity index (χ1n) is 7.45. The summed E-state index contributed by atoms with van der Waals surface area (Å²) < 4.78 is 5.99. The van der Waals surface area contributed by atoms with E-state index in [0.29, 0.717) is 11.8 Å². The third-order valence-corrected chi connectivity index (χ3v) is 3.86. The topological polar surface area (TPSA) is 35.2 Å². The van der Waals surface area contributed by atoms with Crippen LogP contribution in [-0.2, 0) is 0 Å². The summed E-state index contributed by atoms with van der Waals surface area (Å²) in [5.41, 5.74) is 9.59. The number of rotatable bonds is 7. The van der Waals surface area contributed by atoms with E-state index in [1.165, 1.54) is 16.7 Å². The Labute approximate surface area is 118 Å². The van der Waals surface area contributed by atoms with E-state index in [0.717, 1.165) is 31.7 Å². The smallest absolute Gasteiger partial charge is 0.125 e. The zero-order chi connectivity index (χ0) is 14.4. The molecule has 0 heterocycles. The Bertz CT molecular complexity index is 400. The molecule has 0 aliphatic heterocycles. The van der Waals surface area contributed by atoms with E-state index in [1.807, 2.05) is 0 Å². The van der Waals surface area contributed by atoms with Gasteiger partial charge in [-0.2, -0.15) is 0 Å². The second-order valence-corrected chi connectivity index (χ2v) is 5.69. The fraction of sp³-hybridized carbons (Fsp3) is 0.647. The molecule has 0 radical (unpaired) electrons. The minimum Gasteiger partial charge on any atom is -0.493 e. The summed E-state index contributed by atoms with van der Waals surface area (Å²) in [6.45, 7) is 12.5. The molecule has 0 spiro atoms. The summed E-state index contributed by atoms with van der Waals surface area (Å²) in [5.74, 6) is 2.15. The van der Waals surface area contributed by atoms with Crippen LogP contribution in [-0.4, -0.2) is 13.2 Å². The Morgan fingerprint density at radius 3 is 2.47 bits per heavy atom. The van der Waals surface area contributed by atoms with Gasteiger partial charge in [0.05, 0.1) is 6.61 Å². The normalized spacial score (nSPS) is 14.2. The van der Waals surface area contributed by atoms with Gasteiger partial charge in [0, 0.05) is 0 Å². The van der Waals surface area contributed by atoms with Crippen molar-refractivity contribution in [2.24, 2.45) is 11.7 Å². The standard InChI is InChI=1S/C17H29NO/c1-6-9-19-17-14(4)10-12(2)11-16(17)15(5)13(3)7-8-18/h10-11,13,15H,6-9,18H2,1-5H3. The van der Waals surface area contributed by atoms with Gasteiger partial charge >= 0.3 is 0 Å². The lowest BCUT2D eigenvalue weighted by Crippen LogP contribution is -2.14. The Morgan fingerprint density at radius 1 is 1.21 bits per heavy atom. The molecule has 0 fully saturated rings. The van der Waals surface area contributed by atoms with Crippen molar-refractivity contribution in [3.63, 3.8) is 0 Å². The van der Waals surface area contributed by atoms with Gasteiger partial charge in [-0.3, -0.25) is 0 Å². The van der Waals surface area contributed by atoms with Crippen molar-refractivity contribution in [2.75, 3.05) is 13.2 Å². The molecule has 1 rings (SSSR count). The highest BCUT2D eigenvalue weighted by molar-refractivity contribution is 5.45. The van der Waals surface area contributed by atoms with Crippen molar-refractivity contribution < 1.29 is 4.74 Å². The Morgan fingerprint density at radius 2 is 1.89 bits per heavy atom. The third-order valence-electron chi connectivity index (χ3n) is 3.86. The lowest BCUT2D eigenvalue weighted by atomic mass is 9.84. The second-order valence-electron chi connectivity index (χ2n) is 5.69. The fourth-order valence-electron chi connectivity index (χ4n) is 2.55. The Kier molecular flexibility index (Phi) is 6.36. The molecule has 0 aliphatic carbocycles. The van der Waals surface area contributed by atoms with Gasteiger partial charge < -0.3 is 10.5 Å². The number of ether oxygens (including phenoxy) is 1. The molecule has 0 saturated heterocycles. The second kappa shape index (κ2) is 7.54. The molecule has 19 heavy (non-hydrogen) atoms. The summed E-state index contributed by atoms with van der Waals surface area (Å²) in [7, 11) is 0. The molecule has 0 saturated carbocycles.